The summed E-state index contributed by atoms with van der Waals surface area (Å²) in [4.78, 5) is 9.15. The van der Waals surface area contributed by atoms with E-state index < -0.39 is 18.1 Å². The molecule has 0 saturated heterocycles. The molecule has 1 unspecified atom stereocenters. The van der Waals surface area contributed by atoms with Crippen LogP contribution < -0.4 is 10.6 Å². The van der Waals surface area contributed by atoms with Crippen LogP contribution in [0.1, 0.15) is 11.3 Å². The molecule has 0 aliphatic heterocycles. The van der Waals surface area contributed by atoms with E-state index in [0.717, 1.165) is 50.7 Å². The SMILES string of the molecule is Cc1nn(C)c2nc(-c3nccs3)cc(-c3ccc(NC(O)Nc4cccc(C(F)(F)F)c4)cc3)c12. The summed E-state index contributed by atoms with van der Waals surface area (Å²) in [6, 6.07) is 14.0. The number of rotatable bonds is 6. The minimum absolute atomic E-state index is 0.141. The predicted octanol–water partition coefficient (Wildman–Crippen LogP) is 5.89. The predicted molar refractivity (Wildman–Crippen MR) is 134 cm³/mol. The molecule has 184 valence electrons. The quantitative estimate of drug-likeness (QED) is 0.247. The summed E-state index contributed by atoms with van der Waals surface area (Å²) < 4.78 is 40.6. The van der Waals surface area contributed by atoms with Gasteiger partial charge < -0.3 is 15.7 Å². The van der Waals surface area contributed by atoms with Crippen molar-refractivity contribution >= 4 is 33.7 Å². The number of nitrogens with one attached hydrogen (secondary N) is 2. The van der Waals surface area contributed by atoms with E-state index in [1.54, 1.807) is 23.0 Å². The van der Waals surface area contributed by atoms with Crippen LogP contribution >= 0.6 is 11.3 Å². The molecule has 5 rings (SSSR count). The van der Waals surface area contributed by atoms with Crippen molar-refractivity contribution in [3.8, 4) is 21.8 Å². The highest BCUT2D eigenvalue weighted by Crippen LogP contribution is 2.35. The van der Waals surface area contributed by atoms with Crippen LogP contribution in [-0.4, -0.2) is 31.2 Å². The summed E-state index contributed by atoms with van der Waals surface area (Å²) >= 11 is 1.50. The summed E-state index contributed by atoms with van der Waals surface area (Å²) in [6.07, 6.45) is -4.03. The average Bonchev–Trinajstić information content (AvgIpc) is 3.47. The van der Waals surface area contributed by atoms with Gasteiger partial charge in [0.1, 0.15) is 10.7 Å². The molecule has 0 saturated carbocycles. The molecule has 0 aliphatic carbocycles. The number of thiazole rings is 1. The number of aliphatic hydroxyl groups excluding tert-OH is 1. The zero-order chi connectivity index (χ0) is 25.4. The van der Waals surface area contributed by atoms with E-state index in [0.29, 0.717) is 5.69 Å². The third-order valence-corrected chi connectivity index (χ3v) is 6.41. The number of aromatic nitrogens is 4. The van der Waals surface area contributed by atoms with Gasteiger partial charge in [-0.05, 0) is 54.4 Å². The second-order valence-corrected chi connectivity index (χ2v) is 9.04. The van der Waals surface area contributed by atoms with Gasteiger partial charge in [0.2, 0.25) is 6.35 Å². The Hall–Kier alpha value is -3.96. The van der Waals surface area contributed by atoms with E-state index in [-0.39, 0.29) is 5.69 Å². The van der Waals surface area contributed by atoms with E-state index >= 15 is 0 Å². The molecule has 3 N–H and O–H groups in total. The third kappa shape index (κ3) is 4.75. The molecule has 0 amide bonds. The molecule has 5 aromatic rings. The number of aliphatic hydroxyl groups is 1. The van der Waals surface area contributed by atoms with Crippen LogP contribution in [0.25, 0.3) is 32.9 Å². The number of halogens is 3. The molecule has 11 heteroatoms. The Morgan fingerprint density at radius 3 is 2.47 bits per heavy atom. The number of anilines is 2. The van der Waals surface area contributed by atoms with Gasteiger partial charge >= 0.3 is 6.18 Å². The number of benzene rings is 2. The van der Waals surface area contributed by atoms with Crippen molar-refractivity contribution in [3.63, 3.8) is 0 Å². The summed E-state index contributed by atoms with van der Waals surface area (Å²) in [5.41, 5.74) is 4.14. The van der Waals surface area contributed by atoms with Crippen LogP contribution in [0.5, 0.6) is 0 Å². The molecule has 0 bridgehead atoms. The Balaban J connectivity index is 1.40. The lowest BCUT2D eigenvalue weighted by Crippen LogP contribution is -2.28. The standard InChI is InChI=1S/C25H21F3N6OS/c1-14-21-19(13-20(23-29-10-11-36-23)32-22(21)34(2)33-14)15-6-8-17(9-7-15)30-24(35)31-18-5-3-4-16(12-18)25(26,27)28/h3-13,24,30-31,35H,1-2H3. The second-order valence-electron chi connectivity index (χ2n) is 8.15. The highest BCUT2D eigenvalue weighted by Gasteiger charge is 2.30. The summed E-state index contributed by atoms with van der Waals surface area (Å²) in [7, 11) is 1.85. The Kier molecular flexibility index (Phi) is 6.10. The van der Waals surface area contributed by atoms with Crippen molar-refractivity contribution in [1.29, 1.82) is 0 Å². The maximum Gasteiger partial charge on any atom is 0.416 e. The summed E-state index contributed by atoms with van der Waals surface area (Å²) in [5.74, 6) is 0. The summed E-state index contributed by atoms with van der Waals surface area (Å²) in [5, 5.41) is 24.0. The minimum atomic E-state index is -4.46. The number of aryl methyl sites for hydroxylation is 2. The second kappa shape index (κ2) is 9.25. The van der Waals surface area contributed by atoms with E-state index in [9.17, 15) is 18.3 Å². The van der Waals surface area contributed by atoms with Crippen LogP contribution in [0.2, 0.25) is 0 Å². The van der Waals surface area contributed by atoms with Crippen molar-refractivity contribution in [1.82, 2.24) is 19.7 Å². The first-order valence-electron chi connectivity index (χ1n) is 10.9. The average molecular weight is 511 g/mol. The van der Waals surface area contributed by atoms with E-state index in [1.165, 1.54) is 23.5 Å². The Morgan fingerprint density at radius 2 is 1.78 bits per heavy atom. The highest BCUT2D eigenvalue weighted by atomic mass is 32.1. The maximum absolute atomic E-state index is 12.9. The summed E-state index contributed by atoms with van der Waals surface area (Å²) in [6.45, 7) is 1.93. The lowest BCUT2D eigenvalue weighted by Gasteiger charge is -2.18. The van der Waals surface area contributed by atoms with Gasteiger partial charge in [-0.15, -0.1) is 11.3 Å². The molecule has 0 fully saturated rings. The van der Waals surface area contributed by atoms with Gasteiger partial charge in [-0.1, -0.05) is 18.2 Å². The van der Waals surface area contributed by atoms with Crippen LogP contribution in [0.3, 0.4) is 0 Å². The van der Waals surface area contributed by atoms with Gasteiger partial charge in [0.15, 0.2) is 5.65 Å². The van der Waals surface area contributed by atoms with Crippen LogP contribution in [0.15, 0.2) is 66.2 Å². The molecule has 3 heterocycles. The van der Waals surface area contributed by atoms with Crippen molar-refractivity contribution < 1.29 is 18.3 Å². The van der Waals surface area contributed by atoms with Crippen molar-refractivity contribution in [3.05, 3.63) is 77.4 Å². The fourth-order valence-corrected chi connectivity index (χ4v) is 4.61. The Bertz CT molecular complexity index is 1510. The molecule has 0 radical (unpaired) electrons. The van der Waals surface area contributed by atoms with Crippen LogP contribution in [0, 0.1) is 6.92 Å². The fourth-order valence-electron chi connectivity index (χ4n) is 4.02. The van der Waals surface area contributed by atoms with Crippen molar-refractivity contribution in [2.75, 3.05) is 10.6 Å². The largest absolute Gasteiger partial charge is 0.416 e. The molecule has 7 nitrogen and oxygen atoms in total. The lowest BCUT2D eigenvalue weighted by molar-refractivity contribution is -0.137. The van der Waals surface area contributed by atoms with E-state index in [1.807, 2.05) is 37.6 Å². The smallest absolute Gasteiger partial charge is 0.357 e. The molecular weight excluding hydrogens is 489 g/mol. The number of nitrogens with zero attached hydrogens (tertiary/aromatic N) is 4. The van der Waals surface area contributed by atoms with Crippen molar-refractivity contribution in [2.24, 2.45) is 7.05 Å². The fraction of sp³-hybridized carbons (Fsp3) is 0.160. The van der Waals surface area contributed by atoms with Gasteiger partial charge in [-0.25, -0.2) is 9.97 Å². The highest BCUT2D eigenvalue weighted by molar-refractivity contribution is 7.13. The molecule has 0 aliphatic rings. The normalized spacial score (nSPS) is 12.6. The number of hydrogen-bond donors (Lipinski definition) is 3. The lowest BCUT2D eigenvalue weighted by atomic mass is 10.0. The van der Waals surface area contributed by atoms with Gasteiger partial charge in [0.25, 0.3) is 0 Å². The van der Waals surface area contributed by atoms with Gasteiger partial charge in [-0.3, -0.25) is 4.68 Å². The molecular formula is C25H21F3N6OS. The van der Waals surface area contributed by atoms with Crippen LogP contribution in [-0.2, 0) is 13.2 Å². The van der Waals surface area contributed by atoms with Crippen LogP contribution in [0.4, 0.5) is 24.5 Å². The minimum Gasteiger partial charge on any atom is -0.357 e. The molecule has 0 spiro atoms. The van der Waals surface area contributed by atoms with Crippen molar-refractivity contribution in [2.45, 2.75) is 19.5 Å². The topological polar surface area (TPSA) is 87.9 Å². The van der Waals surface area contributed by atoms with E-state index in [4.69, 9.17) is 4.98 Å². The Morgan fingerprint density at radius 1 is 1.03 bits per heavy atom. The van der Waals surface area contributed by atoms with Gasteiger partial charge in [-0.2, -0.15) is 18.3 Å². The number of hydrogen-bond acceptors (Lipinski definition) is 7. The first kappa shape index (κ1) is 23.8. The maximum atomic E-state index is 12.9. The number of fused-ring (bicyclic) bond motifs is 1. The Labute approximate surface area is 208 Å². The third-order valence-electron chi connectivity index (χ3n) is 5.61. The molecule has 2 aromatic carbocycles. The molecule has 36 heavy (non-hydrogen) atoms. The monoisotopic (exact) mass is 510 g/mol. The number of alkyl halides is 3. The first-order chi connectivity index (χ1) is 17.2. The molecule has 1 atom stereocenters. The zero-order valence-corrected chi connectivity index (χ0v) is 20.0. The van der Waals surface area contributed by atoms with Gasteiger partial charge in [0.05, 0.1) is 11.3 Å². The number of pyridine rings is 1. The zero-order valence-electron chi connectivity index (χ0n) is 19.2. The first-order valence-corrected chi connectivity index (χ1v) is 11.8. The van der Waals surface area contributed by atoms with Gasteiger partial charge in [0, 0.05) is 35.4 Å². The molecule has 3 aromatic heterocycles. The van der Waals surface area contributed by atoms with E-state index in [2.05, 4.69) is 20.7 Å².